The van der Waals surface area contributed by atoms with Crippen LogP contribution in [0.5, 0.6) is 0 Å². The zero-order chi connectivity index (χ0) is 7.28. The molecule has 0 aliphatic heterocycles. The van der Waals surface area contributed by atoms with Crippen molar-refractivity contribution in [3.63, 3.8) is 0 Å². The van der Waals surface area contributed by atoms with Gasteiger partial charge in [-0.25, -0.2) is 0 Å². The second-order valence-corrected chi connectivity index (χ2v) is 2.89. The first kappa shape index (κ1) is 8.54. The van der Waals surface area contributed by atoms with Gasteiger partial charge in [0, 0.05) is 12.2 Å². The quantitative estimate of drug-likeness (QED) is 0.610. The topological polar surface area (TPSA) is 12.0 Å². The Morgan fingerprint density at radius 1 is 1.56 bits per heavy atom. The predicted molar refractivity (Wildman–Crippen MR) is 42.3 cm³/mol. The van der Waals surface area contributed by atoms with Gasteiger partial charge in [-0.15, -0.1) is 0 Å². The molecule has 54 valence electrons. The highest BCUT2D eigenvalue weighted by Gasteiger charge is 1.90. The Kier molecular flexibility index (Phi) is 4.20. The van der Waals surface area contributed by atoms with Crippen molar-refractivity contribution in [2.45, 2.75) is 27.2 Å². The highest BCUT2D eigenvalue weighted by Crippen LogP contribution is 1.96. The van der Waals surface area contributed by atoms with Crippen LogP contribution in [0.15, 0.2) is 12.3 Å². The van der Waals surface area contributed by atoms with Gasteiger partial charge >= 0.3 is 0 Å². The standard InChI is InChI=1S/C8H17N/c1-7(2)5-6-9-8(3)4/h7,9H,3,5-6H2,1-2,4H3. The Bertz CT molecular complexity index is 84.6. The molecule has 0 unspecified atom stereocenters. The van der Waals surface area contributed by atoms with Crippen molar-refractivity contribution in [3.05, 3.63) is 12.3 Å². The number of allylic oxidation sites excluding steroid dienone is 1. The van der Waals surface area contributed by atoms with E-state index < -0.39 is 0 Å². The molecular weight excluding hydrogens is 110 g/mol. The number of hydrogen-bond donors (Lipinski definition) is 1. The van der Waals surface area contributed by atoms with Gasteiger partial charge in [0.15, 0.2) is 0 Å². The molecule has 0 aliphatic rings. The molecule has 0 aliphatic carbocycles. The van der Waals surface area contributed by atoms with E-state index in [2.05, 4.69) is 25.7 Å². The number of rotatable bonds is 4. The molecule has 1 heteroatoms. The first-order valence-corrected chi connectivity index (χ1v) is 3.52. The summed E-state index contributed by atoms with van der Waals surface area (Å²) in [6.07, 6.45) is 1.23. The lowest BCUT2D eigenvalue weighted by Crippen LogP contribution is -2.13. The van der Waals surface area contributed by atoms with Gasteiger partial charge in [-0.1, -0.05) is 20.4 Å². The lowest BCUT2D eigenvalue weighted by atomic mass is 10.1. The summed E-state index contributed by atoms with van der Waals surface area (Å²) in [7, 11) is 0. The second kappa shape index (κ2) is 4.42. The third-order valence-corrected chi connectivity index (χ3v) is 1.15. The summed E-state index contributed by atoms with van der Waals surface area (Å²) in [5.41, 5.74) is 1.07. The average Bonchev–Trinajstić information content (AvgIpc) is 1.63. The minimum absolute atomic E-state index is 0.789. The molecule has 0 heterocycles. The van der Waals surface area contributed by atoms with Crippen LogP contribution >= 0.6 is 0 Å². The van der Waals surface area contributed by atoms with Crippen LogP contribution in [-0.4, -0.2) is 6.54 Å². The summed E-state index contributed by atoms with van der Waals surface area (Å²) in [5, 5.41) is 3.18. The minimum Gasteiger partial charge on any atom is -0.389 e. The van der Waals surface area contributed by atoms with Crippen LogP contribution in [0.1, 0.15) is 27.2 Å². The van der Waals surface area contributed by atoms with Gasteiger partial charge in [0.05, 0.1) is 0 Å². The summed E-state index contributed by atoms with van der Waals surface area (Å²) in [6.45, 7) is 11.2. The minimum atomic E-state index is 0.789. The SMILES string of the molecule is C=C(C)NCCC(C)C. The normalized spacial score (nSPS) is 9.78. The summed E-state index contributed by atoms with van der Waals surface area (Å²) in [5.74, 6) is 0.789. The average molecular weight is 127 g/mol. The van der Waals surface area contributed by atoms with Gasteiger partial charge in [-0.2, -0.15) is 0 Å². The smallest absolute Gasteiger partial charge is 0.0146 e. The maximum atomic E-state index is 3.74. The Morgan fingerprint density at radius 2 is 2.11 bits per heavy atom. The van der Waals surface area contributed by atoms with E-state index in [9.17, 15) is 0 Å². The molecule has 0 radical (unpaired) electrons. The van der Waals surface area contributed by atoms with Crippen molar-refractivity contribution in [1.29, 1.82) is 0 Å². The molecule has 0 saturated heterocycles. The molecule has 0 amide bonds. The van der Waals surface area contributed by atoms with Crippen LogP contribution in [0.2, 0.25) is 0 Å². The number of nitrogens with one attached hydrogen (secondary N) is 1. The van der Waals surface area contributed by atoms with Gasteiger partial charge in [0.2, 0.25) is 0 Å². The molecule has 0 aromatic heterocycles. The fourth-order valence-electron chi connectivity index (χ4n) is 0.574. The van der Waals surface area contributed by atoms with Gasteiger partial charge in [0.1, 0.15) is 0 Å². The van der Waals surface area contributed by atoms with Crippen LogP contribution in [-0.2, 0) is 0 Å². The van der Waals surface area contributed by atoms with Gasteiger partial charge in [-0.05, 0) is 19.3 Å². The molecule has 0 aromatic rings. The van der Waals surface area contributed by atoms with Gasteiger partial charge in [-0.3, -0.25) is 0 Å². The van der Waals surface area contributed by atoms with Crippen molar-refractivity contribution >= 4 is 0 Å². The molecule has 0 fully saturated rings. The lowest BCUT2D eigenvalue weighted by molar-refractivity contribution is 0.564. The third kappa shape index (κ3) is 7.54. The molecule has 0 spiro atoms. The zero-order valence-electron chi connectivity index (χ0n) is 6.70. The van der Waals surface area contributed by atoms with Crippen LogP contribution in [0, 0.1) is 5.92 Å². The molecule has 0 bridgehead atoms. The summed E-state index contributed by atoms with van der Waals surface area (Å²) < 4.78 is 0. The van der Waals surface area contributed by atoms with Crippen LogP contribution < -0.4 is 5.32 Å². The van der Waals surface area contributed by atoms with Crippen LogP contribution in [0.25, 0.3) is 0 Å². The molecule has 1 N–H and O–H groups in total. The lowest BCUT2D eigenvalue weighted by Gasteiger charge is -2.06. The van der Waals surface area contributed by atoms with E-state index in [1.807, 2.05) is 6.92 Å². The zero-order valence-corrected chi connectivity index (χ0v) is 6.70. The van der Waals surface area contributed by atoms with E-state index in [-0.39, 0.29) is 0 Å². The molecule has 0 atom stereocenters. The molecule has 0 saturated carbocycles. The van der Waals surface area contributed by atoms with E-state index in [0.717, 1.165) is 18.2 Å². The van der Waals surface area contributed by atoms with E-state index in [1.54, 1.807) is 0 Å². The first-order valence-electron chi connectivity index (χ1n) is 3.52. The largest absolute Gasteiger partial charge is 0.389 e. The first-order chi connectivity index (χ1) is 4.13. The Labute approximate surface area is 58.2 Å². The Morgan fingerprint density at radius 3 is 2.44 bits per heavy atom. The second-order valence-electron chi connectivity index (χ2n) is 2.89. The van der Waals surface area contributed by atoms with Crippen molar-refractivity contribution < 1.29 is 0 Å². The molecule has 0 aromatic carbocycles. The van der Waals surface area contributed by atoms with E-state index in [0.29, 0.717) is 0 Å². The fraction of sp³-hybridized carbons (Fsp3) is 0.750. The highest BCUT2D eigenvalue weighted by molar-refractivity contribution is 4.83. The summed E-state index contributed by atoms with van der Waals surface area (Å²) in [4.78, 5) is 0. The molecule has 1 nitrogen and oxygen atoms in total. The fourth-order valence-corrected chi connectivity index (χ4v) is 0.574. The molecule has 9 heavy (non-hydrogen) atoms. The van der Waals surface area contributed by atoms with Gasteiger partial charge < -0.3 is 5.32 Å². The van der Waals surface area contributed by atoms with Crippen LogP contribution in [0.4, 0.5) is 0 Å². The highest BCUT2D eigenvalue weighted by atomic mass is 14.9. The van der Waals surface area contributed by atoms with E-state index in [1.165, 1.54) is 6.42 Å². The van der Waals surface area contributed by atoms with E-state index >= 15 is 0 Å². The predicted octanol–water partition coefficient (Wildman–Crippen LogP) is 2.16. The Balaban J connectivity index is 3.01. The maximum Gasteiger partial charge on any atom is 0.0146 e. The summed E-state index contributed by atoms with van der Waals surface area (Å²) in [6, 6.07) is 0. The molecule has 0 rings (SSSR count). The van der Waals surface area contributed by atoms with Crippen molar-refractivity contribution in [2.75, 3.05) is 6.54 Å². The van der Waals surface area contributed by atoms with Crippen molar-refractivity contribution in [3.8, 4) is 0 Å². The maximum absolute atomic E-state index is 3.74. The third-order valence-electron chi connectivity index (χ3n) is 1.15. The molecular formula is C8H17N. The van der Waals surface area contributed by atoms with Gasteiger partial charge in [0.25, 0.3) is 0 Å². The van der Waals surface area contributed by atoms with Crippen LogP contribution in [0.3, 0.4) is 0 Å². The van der Waals surface area contributed by atoms with Crippen molar-refractivity contribution in [2.24, 2.45) is 5.92 Å². The monoisotopic (exact) mass is 127 g/mol. The van der Waals surface area contributed by atoms with Crippen molar-refractivity contribution in [1.82, 2.24) is 5.32 Å². The Hall–Kier alpha value is -0.460. The summed E-state index contributed by atoms with van der Waals surface area (Å²) >= 11 is 0. The number of hydrogen-bond acceptors (Lipinski definition) is 1. The van der Waals surface area contributed by atoms with E-state index in [4.69, 9.17) is 0 Å².